The standard InChI is InChI=1S/C20H16IN3O6/c1-29-15-10-13(7-8-16-22-19(25)17(24(27)28)20(26)23-16)9-14(21)18(15)30-11-12-5-3-2-4-6-12/h2-10H,11H2,1H3,(H2,22,23,25,26)/b8-7-. The number of nitrogens with one attached hydrogen (secondary N) is 1. The summed E-state index contributed by atoms with van der Waals surface area (Å²) < 4.78 is 12.2. The lowest BCUT2D eigenvalue weighted by Crippen LogP contribution is -2.14. The van der Waals surface area contributed by atoms with Crippen LogP contribution in [0.4, 0.5) is 5.69 Å². The van der Waals surface area contributed by atoms with Crippen LogP contribution in [0.5, 0.6) is 17.4 Å². The number of hydrogen-bond acceptors (Lipinski definition) is 7. The number of benzene rings is 2. The van der Waals surface area contributed by atoms with Crippen molar-refractivity contribution in [3.8, 4) is 17.4 Å². The maximum atomic E-state index is 11.7. The molecule has 2 aromatic carbocycles. The summed E-state index contributed by atoms with van der Waals surface area (Å²) in [6, 6.07) is 13.3. The molecule has 0 fully saturated rings. The molecule has 0 aliphatic rings. The van der Waals surface area contributed by atoms with Crippen LogP contribution in [0.25, 0.3) is 12.2 Å². The average molecular weight is 521 g/mol. The van der Waals surface area contributed by atoms with Gasteiger partial charge in [-0.3, -0.25) is 14.9 Å². The summed E-state index contributed by atoms with van der Waals surface area (Å²) in [7, 11) is 1.53. The van der Waals surface area contributed by atoms with E-state index in [-0.39, 0.29) is 5.82 Å². The van der Waals surface area contributed by atoms with E-state index in [1.807, 2.05) is 36.4 Å². The minimum atomic E-state index is -1.04. The number of nitrogens with zero attached hydrogens (tertiary/aromatic N) is 2. The van der Waals surface area contributed by atoms with E-state index in [9.17, 15) is 20.0 Å². The van der Waals surface area contributed by atoms with Gasteiger partial charge in [-0.05, 0) is 51.9 Å². The number of halogens is 1. The van der Waals surface area contributed by atoms with E-state index in [1.54, 1.807) is 12.1 Å². The van der Waals surface area contributed by atoms with Gasteiger partial charge in [0.15, 0.2) is 11.5 Å². The molecule has 0 spiro atoms. The van der Waals surface area contributed by atoms with Gasteiger partial charge < -0.3 is 19.6 Å². The Bertz CT molecular complexity index is 1160. The quantitative estimate of drug-likeness (QED) is 0.276. The van der Waals surface area contributed by atoms with Gasteiger partial charge in [-0.25, -0.2) is 0 Å². The van der Waals surface area contributed by atoms with E-state index >= 15 is 0 Å². The van der Waals surface area contributed by atoms with Crippen LogP contribution in [0.3, 0.4) is 0 Å². The summed E-state index contributed by atoms with van der Waals surface area (Å²) in [5, 5.41) is 20.4. The zero-order chi connectivity index (χ0) is 21.7. The molecule has 0 radical (unpaired) electrons. The van der Waals surface area contributed by atoms with Crippen LogP contribution in [0.2, 0.25) is 0 Å². The molecule has 1 heterocycles. The molecule has 2 N–H and O–H groups in total. The van der Waals surface area contributed by atoms with Gasteiger partial charge >= 0.3 is 11.2 Å². The second kappa shape index (κ2) is 9.39. The Morgan fingerprint density at radius 1 is 1.27 bits per heavy atom. The summed E-state index contributed by atoms with van der Waals surface area (Å²) in [6.07, 6.45) is 3.04. The van der Waals surface area contributed by atoms with Crippen molar-refractivity contribution in [2.24, 2.45) is 0 Å². The third kappa shape index (κ3) is 4.95. The third-order valence-corrected chi connectivity index (χ3v) is 4.79. The van der Waals surface area contributed by atoms with Gasteiger partial charge in [-0.1, -0.05) is 36.4 Å². The monoisotopic (exact) mass is 521 g/mol. The Morgan fingerprint density at radius 3 is 2.63 bits per heavy atom. The number of ether oxygens (including phenoxy) is 2. The first-order valence-electron chi connectivity index (χ1n) is 8.59. The number of aromatic amines is 1. The molecule has 0 bridgehead atoms. The Kier molecular flexibility index (Phi) is 6.67. The van der Waals surface area contributed by atoms with Crippen molar-refractivity contribution in [3.63, 3.8) is 0 Å². The van der Waals surface area contributed by atoms with Gasteiger partial charge in [0.2, 0.25) is 0 Å². The van der Waals surface area contributed by atoms with Crippen molar-refractivity contribution in [1.82, 2.24) is 9.97 Å². The molecule has 0 saturated heterocycles. The largest absolute Gasteiger partial charge is 0.493 e. The van der Waals surface area contributed by atoms with E-state index in [0.717, 1.165) is 9.13 Å². The minimum Gasteiger partial charge on any atom is -0.493 e. The summed E-state index contributed by atoms with van der Waals surface area (Å²) in [4.78, 5) is 27.4. The number of nitro groups is 1. The first-order chi connectivity index (χ1) is 14.4. The zero-order valence-corrected chi connectivity index (χ0v) is 17.8. The van der Waals surface area contributed by atoms with Crippen LogP contribution in [0.15, 0.2) is 47.3 Å². The molecule has 9 nitrogen and oxygen atoms in total. The number of rotatable bonds is 7. The molecular weight excluding hydrogens is 505 g/mol. The van der Waals surface area contributed by atoms with Crippen LogP contribution in [-0.4, -0.2) is 27.1 Å². The SMILES string of the molecule is COc1cc(/C=C\c2nc(O)c([N+](=O)[O-])c(=O)[nH]2)cc(I)c1OCc1ccccc1. The highest BCUT2D eigenvalue weighted by Gasteiger charge is 2.21. The lowest BCUT2D eigenvalue weighted by Gasteiger charge is -2.13. The predicted octanol–water partition coefficient (Wildman–Crippen LogP) is 3.75. The molecule has 0 atom stereocenters. The summed E-state index contributed by atoms with van der Waals surface area (Å²) in [6.45, 7) is 0.385. The van der Waals surface area contributed by atoms with Crippen LogP contribution in [-0.2, 0) is 6.61 Å². The van der Waals surface area contributed by atoms with Crippen molar-refractivity contribution in [3.05, 3.63) is 83.5 Å². The molecule has 154 valence electrons. The van der Waals surface area contributed by atoms with Gasteiger partial charge in [0.05, 0.1) is 15.6 Å². The molecular formula is C20H16IN3O6. The summed E-state index contributed by atoms with van der Waals surface area (Å²) in [5.41, 5.74) is -0.302. The van der Waals surface area contributed by atoms with Crippen LogP contribution in [0, 0.1) is 13.7 Å². The maximum absolute atomic E-state index is 11.7. The Hall–Kier alpha value is -3.41. The molecule has 0 aliphatic heterocycles. The fourth-order valence-corrected chi connectivity index (χ4v) is 3.38. The third-order valence-electron chi connectivity index (χ3n) is 3.99. The number of aromatic hydroxyl groups is 1. The van der Waals surface area contributed by atoms with Crippen molar-refractivity contribution in [2.45, 2.75) is 6.61 Å². The summed E-state index contributed by atoms with van der Waals surface area (Å²) >= 11 is 2.13. The Labute approximate surface area is 184 Å². The predicted molar refractivity (Wildman–Crippen MR) is 119 cm³/mol. The van der Waals surface area contributed by atoms with E-state index in [2.05, 4.69) is 32.6 Å². The fourth-order valence-electron chi connectivity index (χ4n) is 2.60. The van der Waals surface area contributed by atoms with Gasteiger partial charge in [0, 0.05) is 0 Å². The lowest BCUT2D eigenvalue weighted by atomic mass is 10.2. The van der Waals surface area contributed by atoms with E-state index in [0.29, 0.717) is 23.7 Å². The number of methoxy groups -OCH3 is 1. The second-order valence-corrected chi connectivity index (χ2v) is 7.18. The van der Waals surface area contributed by atoms with Gasteiger partial charge in [0.1, 0.15) is 12.4 Å². The van der Waals surface area contributed by atoms with Crippen LogP contribution < -0.4 is 15.0 Å². The molecule has 3 aromatic rings. The first-order valence-corrected chi connectivity index (χ1v) is 9.67. The van der Waals surface area contributed by atoms with Crippen molar-refractivity contribution in [1.29, 1.82) is 0 Å². The minimum absolute atomic E-state index is 0.0264. The zero-order valence-electron chi connectivity index (χ0n) is 15.7. The molecule has 1 aromatic heterocycles. The van der Waals surface area contributed by atoms with Crippen molar-refractivity contribution >= 4 is 40.4 Å². The number of hydrogen-bond donors (Lipinski definition) is 2. The Morgan fingerprint density at radius 2 is 2.00 bits per heavy atom. The highest BCUT2D eigenvalue weighted by molar-refractivity contribution is 14.1. The van der Waals surface area contributed by atoms with E-state index in [4.69, 9.17) is 9.47 Å². The first kappa shape index (κ1) is 21.3. The lowest BCUT2D eigenvalue weighted by molar-refractivity contribution is -0.387. The molecule has 3 rings (SSSR count). The Balaban J connectivity index is 1.84. The van der Waals surface area contributed by atoms with Gasteiger partial charge in [-0.15, -0.1) is 0 Å². The smallest absolute Gasteiger partial charge is 0.395 e. The average Bonchev–Trinajstić information content (AvgIpc) is 2.71. The topological polar surface area (TPSA) is 128 Å². The number of H-pyrrole nitrogens is 1. The highest BCUT2D eigenvalue weighted by Crippen LogP contribution is 2.35. The summed E-state index contributed by atoms with van der Waals surface area (Å²) in [5.74, 6) is 0.144. The number of aromatic nitrogens is 2. The van der Waals surface area contributed by atoms with E-state index < -0.39 is 22.0 Å². The van der Waals surface area contributed by atoms with Crippen LogP contribution >= 0.6 is 22.6 Å². The molecule has 0 amide bonds. The second-order valence-electron chi connectivity index (χ2n) is 6.02. The van der Waals surface area contributed by atoms with Gasteiger partial charge in [-0.2, -0.15) is 4.98 Å². The van der Waals surface area contributed by atoms with Crippen LogP contribution in [0.1, 0.15) is 17.0 Å². The molecule has 10 heteroatoms. The normalized spacial score (nSPS) is 10.9. The molecule has 30 heavy (non-hydrogen) atoms. The van der Waals surface area contributed by atoms with E-state index in [1.165, 1.54) is 13.2 Å². The molecule has 0 aliphatic carbocycles. The van der Waals surface area contributed by atoms with Gasteiger partial charge in [0.25, 0.3) is 5.88 Å². The molecule has 0 saturated carbocycles. The maximum Gasteiger partial charge on any atom is 0.395 e. The fraction of sp³-hybridized carbons (Fsp3) is 0.100. The van der Waals surface area contributed by atoms with Crippen molar-refractivity contribution < 1.29 is 19.5 Å². The highest BCUT2D eigenvalue weighted by atomic mass is 127. The molecule has 0 unspecified atom stereocenters. The van der Waals surface area contributed by atoms with Crippen molar-refractivity contribution in [2.75, 3.05) is 7.11 Å².